The van der Waals surface area contributed by atoms with E-state index in [2.05, 4.69) is 52.4 Å². The first-order chi connectivity index (χ1) is 8.11. The van der Waals surface area contributed by atoms with Gasteiger partial charge in [0, 0.05) is 17.8 Å². The number of carbonyl (C=O) groups excluding carboxylic acids is 1. The third-order valence-electron chi connectivity index (χ3n) is 2.71. The van der Waals surface area contributed by atoms with Crippen molar-refractivity contribution in [2.75, 3.05) is 5.33 Å². The van der Waals surface area contributed by atoms with E-state index in [9.17, 15) is 4.79 Å². The summed E-state index contributed by atoms with van der Waals surface area (Å²) in [6.07, 6.45) is 2.35. The molecule has 1 aromatic carbocycles. The fourth-order valence-corrected chi connectivity index (χ4v) is 2.28. The van der Waals surface area contributed by atoms with E-state index in [4.69, 9.17) is 0 Å². The summed E-state index contributed by atoms with van der Waals surface area (Å²) in [5.41, 5.74) is 2.48. The Morgan fingerprint density at radius 2 is 2.00 bits per heavy atom. The van der Waals surface area contributed by atoms with Crippen LogP contribution < -0.4 is 5.32 Å². The Balaban J connectivity index is 2.30. The average Bonchev–Trinajstić information content (AvgIpc) is 2.28. The van der Waals surface area contributed by atoms with E-state index in [1.807, 2.05) is 6.92 Å². The highest BCUT2D eigenvalue weighted by atomic mass is 79.9. The van der Waals surface area contributed by atoms with Gasteiger partial charge in [0.15, 0.2) is 0 Å². The molecular weight excluding hydrogens is 278 g/mol. The van der Waals surface area contributed by atoms with Gasteiger partial charge in [-0.15, -0.1) is 0 Å². The van der Waals surface area contributed by atoms with E-state index in [0.717, 1.165) is 18.2 Å². The largest absolute Gasteiger partial charge is 0.354 e. The van der Waals surface area contributed by atoms with Gasteiger partial charge in [-0.25, -0.2) is 0 Å². The number of alkyl halides is 1. The second-order valence-electron chi connectivity index (χ2n) is 4.43. The summed E-state index contributed by atoms with van der Waals surface area (Å²) >= 11 is 3.37. The lowest BCUT2D eigenvalue weighted by molar-refractivity contribution is -0.121. The first-order valence-electron chi connectivity index (χ1n) is 6.02. The van der Waals surface area contributed by atoms with E-state index in [1.165, 1.54) is 11.1 Å². The molecule has 1 rings (SSSR count). The van der Waals surface area contributed by atoms with E-state index in [-0.39, 0.29) is 11.9 Å². The molecule has 1 aromatic rings. The molecule has 0 bridgehead atoms. The van der Waals surface area contributed by atoms with Crippen molar-refractivity contribution in [1.29, 1.82) is 0 Å². The monoisotopic (exact) mass is 297 g/mol. The Labute approximate surface area is 112 Å². The summed E-state index contributed by atoms with van der Waals surface area (Å²) in [4.78, 5) is 11.6. The minimum atomic E-state index is 0.138. The predicted molar refractivity (Wildman–Crippen MR) is 75.5 cm³/mol. The summed E-state index contributed by atoms with van der Waals surface area (Å²) in [5.74, 6) is 0.138. The summed E-state index contributed by atoms with van der Waals surface area (Å²) in [5, 5.41) is 3.92. The molecular formula is C14H20BrNO. The summed E-state index contributed by atoms with van der Waals surface area (Å²) < 4.78 is 0. The molecule has 2 nitrogen and oxygen atoms in total. The molecule has 17 heavy (non-hydrogen) atoms. The van der Waals surface area contributed by atoms with Crippen LogP contribution in [0.5, 0.6) is 0 Å². The van der Waals surface area contributed by atoms with E-state index in [1.54, 1.807) is 0 Å². The lowest BCUT2D eigenvalue weighted by Crippen LogP contribution is -2.32. The highest BCUT2D eigenvalue weighted by molar-refractivity contribution is 9.09. The topological polar surface area (TPSA) is 29.1 Å². The minimum absolute atomic E-state index is 0.138. The first kappa shape index (κ1) is 14.2. The highest BCUT2D eigenvalue weighted by Gasteiger charge is 2.06. The zero-order valence-electron chi connectivity index (χ0n) is 10.5. The zero-order chi connectivity index (χ0) is 12.7. The molecule has 94 valence electrons. The lowest BCUT2D eigenvalue weighted by Gasteiger charge is -2.12. The zero-order valence-corrected chi connectivity index (χ0v) is 12.1. The Morgan fingerprint density at radius 3 is 2.59 bits per heavy atom. The predicted octanol–water partition coefficient (Wildman–Crippen LogP) is 3.22. The summed E-state index contributed by atoms with van der Waals surface area (Å²) in [7, 11) is 0. The smallest absolute Gasteiger partial charge is 0.220 e. The van der Waals surface area contributed by atoms with Crippen LogP contribution in [0.15, 0.2) is 24.3 Å². The van der Waals surface area contributed by atoms with E-state index >= 15 is 0 Å². The van der Waals surface area contributed by atoms with Crippen molar-refractivity contribution < 1.29 is 4.79 Å². The number of halogens is 1. The van der Waals surface area contributed by atoms with Gasteiger partial charge in [0.1, 0.15) is 0 Å². The second-order valence-corrected chi connectivity index (χ2v) is 5.22. The van der Waals surface area contributed by atoms with Crippen molar-refractivity contribution in [2.24, 2.45) is 0 Å². The Kier molecular flexibility index (Phi) is 6.27. The van der Waals surface area contributed by atoms with Crippen LogP contribution in [0, 0.1) is 6.92 Å². The molecule has 1 atom stereocenters. The molecule has 0 spiro atoms. The van der Waals surface area contributed by atoms with Crippen molar-refractivity contribution in [3.63, 3.8) is 0 Å². The van der Waals surface area contributed by atoms with Crippen LogP contribution in [0.2, 0.25) is 0 Å². The third kappa shape index (κ3) is 5.87. The van der Waals surface area contributed by atoms with Crippen molar-refractivity contribution in [2.45, 2.75) is 39.2 Å². The van der Waals surface area contributed by atoms with Gasteiger partial charge in [-0.3, -0.25) is 4.79 Å². The van der Waals surface area contributed by atoms with Crippen molar-refractivity contribution in [3.05, 3.63) is 35.4 Å². The molecule has 3 heteroatoms. The SMILES string of the molecule is Cc1ccc(CCC(=O)NC(C)CCBr)cc1. The molecule has 0 aliphatic carbocycles. The quantitative estimate of drug-likeness (QED) is 0.803. The fraction of sp³-hybridized carbons (Fsp3) is 0.500. The van der Waals surface area contributed by atoms with E-state index in [0.29, 0.717) is 6.42 Å². The third-order valence-corrected chi connectivity index (χ3v) is 3.17. The molecule has 1 N–H and O–H groups in total. The maximum absolute atomic E-state index is 11.6. The number of aryl methyl sites for hydroxylation is 2. The number of rotatable bonds is 6. The maximum Gasteiger partial charge on any atom is 0.220 e. The molecule has 1 unspecified atom stereocenters. The van der Waals surface area contributed by atoms with Gasteiger partial charge in [0.2, 0.25) is 5.91 Å². The molecule has 0 radical (unpaired) electrons. The molecule has 0 aliphatic rings. The van der Waals surface area contributed by atoms with Gasteiger partial charge < -0.3 is 5.32 Å². The Hall–Kier alpha value is -0.830. The average molecular weight is 298 g/mol. The van der Waals surface area contributed by atoms with Crippen LogP contribution in [0.4, 0.5) is 0 Å². The summed E-state index contributed by atoms with van der Waals surface area (Å²) in [6.45, 7) is 4.10. The van der Waals surface area contributed by atoms with Crippen molar-refractivity contribution in [3.8, 4) is 0 Å². The summed E-state index contributed by atoms with van der Waals surface area (Å²) in [6, 6.07) is 8.59. The fourth-order valence-electron chi connectivity index (χ4n) is 1.60. The number of hydrogen-bond acceptors (Lipinski definition) is 1. The second kappa shape index (κ2) is 7.49. The van der Waals surface area contributed by atoms with E-state index < -0.39 is 0 Å². The van der Waals surface area contributed by atoms with Gasteiger partial charge in [-0.05, 0) is 32.3 Å². The minimum Gasteiger partial charge on any atom is -0.354 e. The number of carbonyl (C=O) groups is 1. The number of nitrogens with one attached hydrogen (secondary N) is 1. The molecule has 0 saturated heterocycles. The van der Waals surface area contributed by atoms with Crippen molar-refractivity contribution >= 4 is 21.8 Å². The molecule has 0 fully saturated rings. The Morgan fingerprint density at radius 1 is 1.35 bits per heavy atom. The molecule has 0 heterocycles. The van der Waals surface area contributed by atoms with Crippen LogP contribution in [-0.4, -0.2) is 17.3 Å². The van der Waals surface area contributed by atoms with Crippen LogP contribution in [0.25, 0.3) is 0 Å². The molecule has 0 saturated carbocycles. The standard InChI is InChI=1S/C14H20BrNO/c1-11-3-5-13(6-4-11)7-8-14(17)16-12(2)9-10-15/h3-6,12H,7-10H2,1-2H3,(H,16,17). The number of hydrogen-bond donors (Lipinski definition) is 1. The van der Waals surface area contributed by atoms with Crippen LogP contribution >= 0.6 is 15.9 Å². The van der Waals surface area contributed by atoms with Crippen LogP contribution in [0.3, 0.4) is 0 Å². The van der Waals surface area contributed by atoms with Gasteiger partial charge in [-0.1, -0.05) is 45.8 Å². The molecule has 1 amide bonds. The normalized spacial score (nSPS) is 12.2. The highest BCUT2D eigenvalue weighted by Crippen LogP contribution is 2.06. The Bertz CT molecular complexity index is 348. The number of benzene rings is 1. The first-order valence-corrected chi connectivity index (χ1v) is 7.15. The maximum atomic E-state index is 11.6. The van der Waals surface area contributed by atoms with Gasteiger partial charge in [-0.2, -0.15) is 0 Å². The molecule has 0 aromatic heterocycles. The molecule has 0 aliphatic heterocycles. The van der Waals surface area contributed by atoms with Gasteiger partial charge in [0.05, 0.1) is 0 Å². The lowest BCUT2D eigenvalue weighted by atomic mass is 10.1. The van der Waals surface area contributed by atoms with Crippen molar-refractivity contribution in [1.82, 2.24) is 5.32 Å². The van der Waals surface area contributed by atoms with Gasteiger partial charge >= 0.3 is 0 Å². The van der Waals surface area contributed by atoms with Gasteiger partial charge in [0.25, 0.3) is 0 Å². The number of amides is 1. The van der Waals surface area contributed by atoms with Crippen LogP contribution in [-0.2, 0) is 11.2 Å². The van der Waals surface area contributed by atoms with Crippen LogP contribution in [0.1, 0.15) is 30.9 Å².